The fourth-order valence-corrected chi connectivity index (χ4v) is 5.19. The van der Waals surface area contributed by atoms with Gasteiger partial charge in [0.25, 0.3) is 11.8 Å². The first kappa shape index (κ1) is 23.7. The van der Waals surface area contributed by atoms with Gasteiger partial charge in [-0.15, -0.1) is 0 Å². The Labute approximate surface area is 215 Å². The zero-order chi connectivity index (χ0) is 26.6. The number of hydrogen-bond donors (Lipinski definition) is 1. The Bertz CT molecular complexity index is 1540. The molecule has 1 unspecified atom stereocenters. The number of aryl methyl sites for hydroxylation is 1. The molecule has 194 valence electrons. The average Bonchev–Trinajstić information content (AvgIpc) is 3.59. The van der Waals surface area contributed by atoms with Crippen LogP contribution in [0.15, 0.2) is 46.3 Å². The number of amides is 4. The van der Waals surface area contributed by atoms with Crippen LogP contribution in [0.1, 0.15) is 31.6 Å². The third kappa shape index (κ3) is 3.78. The summed E-state index contributed by atoms with van der Waals surface area (Å²) in [5, 5.41) is 10.2. The molecule has 6 rings (SSSR count). The van der Waals surface area contributed by atoms with E-state index in [1.165, 1.54) is 0 Å². The fraction of sp³-hybridized carbons (Fsp3) is 0.320. The standard InChI is InChI=1S/C25H22FN7O5/c1-31-16(9-10-27-31)13-4-2-5-14(20(13)26)22-29-19(38-30-22)12-32-11-3-6-15-21(32)25(37)33(24(15)36)17-7-8-18(34)28-23(17)35/h2,4-5,9-10,17H,3,6-8,11-12H2,1H3,(H,28,34,35). The molecule has 3 aromatic rings. The second-order valence-corrected chi connectivity index (χ2v) is 9.32. The Morgan fingerprint density at radius 2 is 1.92 bits per heavy atom. The normalized spacial score (nSPS) is 19.9. The van der Waals surface area contributed by atoms with Crippen molar-refractivity contribution in [3.05, 3.63) is 53.4 Å². The van der Waals surface area contributed by atoms with Crippen molar-refractivity contribution in [3.8, 4) is 22.6 Å². The summed E-state index contributed by atoms with van der Waals surface area (Å²) < 4.78 is 22.3. The molecule has 1 aromatic carbocycles. The van der Waals surface area contributed by atoms with E-state index in [4.69, 9.17) is 4.52 Å². The molecule has 0 spiro atoms. The van der Waals surface area contributed by atoms with Gasteiger partial charge in [-0.25, -0.2) is 4.39 Å². The van der Waals surface area contributed by atoms with Crippen molar-refractivity contribution >= 4 is 23.6 Å². The van der Waals surface area contributed by atoms with Crippen LogP contribution in [0.4, 0.5) is 4.39 Å². The summed E-state index contributed by atoms with van der Waals surface area (Å²) in [6.07, 6.45) is 2.70. The van der Waals surface area contributed by atoms with E-state index >= 15 is 4.39 Å². The summed E-state index contributed by atoms with van der Waals surface area (Å²) in [6.45, 7) is 0.472. The SMILES string of the molecule is Cn1nccc1-c1cccc(-c2noc(CN3CCCC4=C3C(=O)N(C3CCC(=O)NC3=O)C4=O)n2)c1F. The highest BCUT2D eigenvalue weighted by Crippen LogP contribution is 2.35. The van der Waals surface area contributed by atoms with Crippen LogP contribution in [0.5, 0.6) is 0 Å². The van der Waals surface area contributed by atoms with Crippen molar-refractivity contribution in [2.24, 2.45) is 7.05 Å². The first-order valence-electron chi connectivity index (χ1n) is 12.1. The van der Waals surface area contributed by atoms with Gasteiger partial charge in [-0.1, -0.05) is 11.2 Å². The minimum Gasteiger partial charge on any atom is -0.357 e. The van der Waals surface area contributed by atoms with Crippen LogP contribution in [0.3, 0.4) is 0 Å². The summed E-state index contributed by atoms with van der Waals surface area (Å²) >= 11 is 0. The quantitative estimate of drug-likeness (QED) is 0.493. The molecule has 2 aromatic heterocycles. The van der Waals surface area contributed by atoms with Gasteiger partial charge < -0.3 is 9.42 Å². The lowest BCUT2D eigenvalue weighted by atomic mass is 10.0. The highest BCUT2D eigenvalue weighted by molar-refractivity contribution is 6.21. The van der Waals surface area contributed by atoms with Gasteiger partial charge in [-0.05, 0) is 37.5 Å². The number of hydrogen-bond acceptors (Lipinski definition) is 9. The predicted octanol–water partition coefficient (Wildman–Crippen LogP) is 1.30. The van der Waals surface area contributed by atoms with Crippen molar-refractivity contribution in [2.75, 3.05) is 6.54 Å². The second-order valence-electron chi connectivity index (χ2n) is 9.32. The molecule has 3 aliphatic rings. The van der Waals surface area contributed by atoms with Gasteiger partial charge >= 0.3 is 0 Å². The number of imide groups is 2. The number of piperidine rings is 1. The van der Waals surface area contributed by atoms with E-state index in [0.717, 1.165) is 4.90 Å². The van der Waals surface area contributed by atoms with Crippen LogP contribution in [-0.2, 0) is 32.8 Å². The summed E-state index contributed by atoms with van der Waals surface area (Å²) in [5.41, 5.74) is 1.58. The molecule has 5 heterocycles. The van der Waals surface area contributed by atoms with E-state index in [9.17, 15) is 19.2 Å². The highest BCUT2D eigenvalue weighted by Gasteiger charge is 2.48. The maximum Gasteiger partial charge on any atom is 0.278 e. The fourth-order valence-electron chi connectivity index (χ4n) is 5.19. The molecule has 0 radical (unpaired) electrons. The molecule has 4 amide bonds. The van der Waals surface area contributed by atoms with Gasteiger partial charge in [-0.3, -0.25) is 34.1 Å². The monoisotopic (exact) mass is 519 g/mol. The number of carbonyl (C=O) groups is 4. The number of carbonyl (C=O) groups excluding carboxylic acids is 4. The molecule has 1 atom stereocenters. The molecule has 1 fully saturated rings. The zero-order valence-corrected chi connectivity index (χ0v) is 20.3. The number of aromatic nitrogens is 4. The van der Waals surface area contributed by atoms with Gasteiger partial charge in [0.05, 0.1) is 17.8 Å². The lowest BCUT2D eigenvalue weighted by Gasteiger charge is -2.29. The first-order valence-corrected chi connectivity index (χ1v) is 12.1. The summed E-state index contributed by atoms with van der Waals surface area (Å²) in [4.78, 5) is 57.3. The lowest BCUT2D eigenvalue weighted by molar-refractivity contribution is -0.150. The first-order chi connectivity index (χ1) is 18.3. The number of benzene rings is 1. The van der Waals surface area contributed by atoms with Gasteiger partial charge in [0, 0.05) is 37.3 Å². The number of halogens is 1. The van der Waals surface area contributed by atoms with Crippen molar-refractivity contribution < 1.29 is 28.1 Å². The second kappa shape index (κ2) is 9.01. The predicted molar refractivity (Wildman–Crippen MR) is 127 cm³/mol. The molecule has 13 heteroatoms. The van der Waals surface area contributed by atoms with E-state index in [0.29, 0.717) is 36.2 Å². The van der Waals surface area contributed by atoms with Gasteiger partial charge in [0.1, 0.15) is 17.6 Å². The van der Waals surface area contributed by atoms with Crippen LogP contribution >= 0.6 is 0 Å². The Balaban J connectivity index is 1.25. The average molecular weight is 519 g/mol. The van der Waals surface area contributed by atoms with E-state index in [1.807, 2.05) is 0 Å². The maximum absolute atomic E-state index is 15.4. The van der Waals surface area contributed by atoms with Gasteiger partial charge in [0.2, 0.25) is 23.5 Å². The van der Waals surface area contributed by atoms with E-state index in [2.05, 4.69) is 20.6 Å². The van der Waals surface area contributed by atoms with Gasteiger partial charge in [-0.2, -0.15) is 10.1 Å². The van der Waals surface area contributed by atoms with Crippen LogP contribution < -0.4 is 5.32 Å². The molecule has 1 N–H and O–H groups in total. The minimum absolute atomic E-state index is 0.0249. The Kier molecular flexibility index (Phi) is 5.62. The summed E-state index contributed by atoms with van der Waals surface area (Å²) in [7, 11) is 1.71. The Morgan fingerprint density at radius 3 is 2.68 bits per heavy atom. The van der Waals surface area contributed by atoms with Gasteiger partial charge in [0.15, 0.2) is 0 Å². The molecule has 0 bridgehead atoms. The van der Waals surface area contributed by atoms with Crippen LogP contribution in [0.2, 0.25) is 0 Å². The maximum atomic E-state index is 15.4. The third-order valence-electron chi connectivity index (χ3n) is 7.01. The number of nitrogens with one attached hydrogen (secondary N) is 1. The molecule has 0 saturated carbocycles. The minimum atomic E-state index is -1.04. The molecular weight excluding hydrogens is 497 g/mol. The van der Waals surface area contributed by atoms with Crippen molar-refractivity contribution in [3.63, 3.8) is 0 Å². The molecule has 0 aliphatic carbocycles. The molecular formula is C25H22FN7O5. The summed E-state index contributed by atoms with van der Waals surface area (Å²) in [5.74, 6) is -2.54. The topological polar surface area (TPSA) is 144 Å². The van der Waals surface area contributed by atoms with E-state index in [-0.39, 0.29) is 42.4 Å². The number of nitrogens with zero attached hydrogens (tertiary/aromatic N) is 6. The summed E-state index contributed by atoms with van der Waals surface area (Å²) in [6, 6.07) is 5.52. The molecule has 38 heavy (non-hydrogen) atoms. The van der Waals surface area contributed by atoms with Crippen molar-refractivity contribution in [1.82, 2.24) is 35.0 Å². The molecule has 3 aliphatic heterocycles. The lowest BCUT2D eigenvalue weighted by Crippen LogP contribution is -2.55. The van der Waals surface area contributed by atoms with Crippen molar-refractivity contribution in [1.29, 1.82) is 0 Å². The zero-order valence-electron chi connectivity index (χ0n) is 20.3. The Morgan fingerprint density at radius 1 is 1.11 bits per heavy atom. The highest BCUT2D eigenvalue weighted by atomic mass is 19.1. The van der Waals surface area contributed by atoms with Crippen LogP contribution in [0.25, 0.3) is 22.6 Å². The van der Waals surface area contributed by atoms with Crippen LogP contribution in [0, 0.1) is 5.82 Å². The largest absolute Gasteiger partial charge is 0.357 e. The van der Waals surface area contributed by atoms with E-state index < -0.39 is 35.5 Å². The van der Waals surface area contributed by atoms with Crippen LogP contribution in [-0.4, -0.2) is 65.9 Å². The third-order valence-corrected chi connectivity index (χ3v) is 7.01. The molecule has 1 saturated heterocycles. The van der Waals surface area contributed by atoms with E-state index in [1.54, 1.807) is 47.1 Å². The van der Waals surface area contributed by atoms with Crippen molar-refractivity contribution in [2.45, 2.75) is 38.3 Å². The number of rotatable bonds is 5. The smallest absolute Gasteiger partial charge is 0.278 e. The molecule has 12 nitrogen and oxygen atoms in total. The Hall–Kier alpha value is -4.68.